The number of rotatable bonds is 61. The van der Waals surface area contributed by atoms with Crippen LogP contribution in [-0.2, 0) is 33.2 Å². The summed E-state index contributed by atoms with van der Waals surface area (Å²) in [6.07, 6.45) is 60.5. The number of aliphatic hydroxyl groups is 11. The minimum absolute atomic E-state index is 0.172. The molecule has 0 saturated carbocycles. The van der Waals surface area contributed by atoms with E-state index in [0.29, 0.717) is 12.8 Å². The maximum absolute atomic E-state index is 13.4. The van der Waals surface area contributed by atoms with E-state index in [9.17, 15) is 61.0 Å². The summed E-state index contributed by atoms with van der Waals surface area (Å²) in [6, 6.07) is -1.03. The Morgan fingerprint density at radius 3 is 1.10 bits per heavy atom. The highest BCUT2D eigenvalue weighted by Gasteiger charge is 2.53. The molecule has 3 aliphatic heterocycles. The van der Waals surface area contributed by atoms with Crippen LogP contribution in [0, 0.1) is 0 Å². The Hall–Kier alpha value is -3.81. The molecule has 0 aromatic heterocycles. The second-order valence-corrected chi connectivity index (χ2v) is 27.8. The normalized spacial score (nSPS) is 26.9. The average Bonchev–Trinajstić information content (AvgIpc) is 0.782. The molecule has 17 atom stereocenters. The summed E-state index contributed by atoms with van der Waals surface area (Å²) in [5, 5.41) is 121. The van der Waals surface area contributed by atoms with Crippen molar-refractivity contribution >= 4 is 5.91 Å². The zero-order valence-corrected chi connectivity index (χ0v) is 62.5. The smallest absolute Gasteiger partial charge is 0.220 e. The first kappa shape index (κ1) is 92.4. The Labute approximate surface area is 614 Å². The number of nitrogens with one attached hydrogen (secondary N) is 1. The number of amides is 1. The van der Waals surface area contributed by atoms with Gasteiger partial charge in [0, 0.05) is 6.42 Å². The van der Waals surface area contributed by atoms with Gasteiger partial charge >= 0.3 is 0 Å². The van der Waals surface area contributed by atoms with E-state index in [-0.39, 0.29) is 12.3 Å². The quantitative estimate of drug-likeness (QED) is 0.0199. The predicted octanol–water partition coefficient (Wildman–Crippen LogP) is 13.1. The van der Waals surface area contributed by atoms with Gasteiger partial charge in [-0.25, -0.2) is 0 Å². The van der Waals surface area contributed by atoms with Crippen molar-refractivity contribution in [3.63, 3.8) is 0 Å². The molecular weight excluding hydrogens is 1300 g/mol. The standard InChI is InChI=1S/C83H141NO18/c1-3-5-7-9-11-13-15-17-19-21-23-25-27-29-31-32-33-35-36-38-40-42-44-46-48-50-52-54-56-58-60-67(88)66(84-71(89)61-59-57-55-53-51-49-47-45-43-41-39-37-34-30-28-26-24-22-20-18-16-14-12-10-8-6-4-2)65-97-81-77(95)74(92)79(69(63-86)99-81)102-83-78(96)75(93)80(70(64-87)100-83)101-82-76(94)73(91)72(90)68(62-85)98-82/h6,8,12,14,18,20,24,26,30,34,39,41,45,47,50-53,58,60,66-70,72-83,85-88,90-96H,3-5,7,9-11,13,15-17,19,21-23,25,27-29,31-33,35-38,40,42-44,46,48-49,54-57,59,61-65H2,1-2H3,(H,84,89)/b8-6-,14-12-,20-18-,26-24-,34-30-,41-39-,47-45-,52-50+,53-51-,60-58+. The maximum atomic E-state index is 13.4. The first-order valence-electron chi connectivity index (χ1n) is 39.8. The highest BCUT2D eigenvalue weighted by Crippen LogP contribution is 2.33. The summed E-state index contributed by atoms with van der Waals surface area (Å²) in [7, 11) is 0. The van der Waals surface area contributed by atoms with Crippen molar-refractivity contribution in [2.45, 2.75) is 369 Å². The van der Waals surface area contributed by atoms with Crippen LogP contribution in [0.1, 0.15) is 264 Å². The second kappa shape index (κ2) is 62.3. The molecule has 1 amide bonds. The number of hydrogen-bond donors (Lipinski definition) is 12. The number of carbonyl (C=O) groups is 1. The Kier molecular flexibility index (Phi) is 56.4. The number of allylic oxidation sites excluding steroid dienone is 19. The average molecular weight is 1440 g/mol. The van der Waals surface area contributed by atoms with E-state index in [0.717, 1.165) is 83.5 Å². The van der Waals surface area contributed by atoms with Crippen molar-refractivity contribution in [3.05, 3.63) is 122 Å². The van der Waals surface area contributed by atoms with Crippen LogP contribution in [-0.4, -0.2) is 193 Å². The van der Waals surface area contributed by atoms with Crippen LogP contribution in [0.25, 0.3) is 0 Å². The third-order valence-corrected chi connectivity index (χ3v) is 19.0. The lowest BCUT2D eigenvalue weighted by molar-refractivity contribution is -0.379. The second-order valence-electron chi connectivity index (χ2n) is 27.8. The van der Waals surface area contributed by atoms with Gasteiger partial charge in [0.25, 0.3) is 0 Å². The van der Waals surface area contributed by atoms with Crippen molar-refractivity contribution in [1.82, 2.24) is 5.32 Å². The van der Waals surface area contributed by atoms with Gasteiger partial charge in [-0.15, -0.1) is 0 Å². The lowest BCUT2D eigenvalue weighted by atomic mass is 9.96. The molecule has 3 fully saturated rings. The number of carbonyl (C=O) groups excluding carboxylic acids is 1. The molecule has 3 aliphatic rings. The zero-order chi connectivity index (χ0) is 73.9. The molecule has 0 aromatic carbocycles. The molecule has 0 spiro atoms. The molecule has 17 unspecified atom stereocenters. The van der Waals surface area contributed by atoms with Crippen LogP contribution >= 0.6 is 0 Å². The topological polar surface area (TPSA) is 307 Å². The molecule has 3 saturated heterocycles. The van der Waals surface area contributed by atoms with Gasteiger partial charge in [-0.05, 0) is 96.3 Å². The Morgan fingerprint density at radius 2 is 0.686 bits per heavy atom. The molecule has 0 radical (unpaired) electrons. The molecule has 3 rings (SSSR count). The van der Waals surface area contributed by atoms with Crippen molar-refractivity contribution < 1.29 is 89.4 Å². The summed E-state index contributed by atoms with van der Waals surface area (Å²) in [5.74, 6) is -0.330. The molecule has 19 nitrogen and oxygen atoms in total. The molecule has 19 heteroatoms. The fraction of sp³-hybridized carbons (Fsp3) is 0.747. The first-order chi connectivity index (χ1) is 49.8. The van der Waals surface area contributed by atoms with Crippen molar-refractivity contribution in [2.24, 2.45) is 0 Å². The molecule has 102 heavy (non-hydrogen) atoms. The third-order valence-electron chi connectivity index (χ3n) is 19.0. The van der Waals surface area contributed by atoms with Gasteiger partial charge in [-0.2, -0.15) is 0 Å². The zero-order valence-electron chi connectivity index (χ0n) is 62.5. The van der Waals surface area contributed by atoms with E-state index < -0.39 is 131 Å². The van der Waals surface area contributed by atoms with Crippen LogP contribution in [0.5, 0.6) is 0 Å². The summed E-state index contributed by atoms with van der Waals surface area (Å²) in [5.41, 5.74) is 0. The summed E-state index contributed by atoms with van der Waals surface area (Å²) < 4.78 is 34.4. The minimum atomic E-state index is -1.99. The first-order valence-corrected chi connectivity index (χ1v) is 39.8. The Bertz CT molecular complexity index is 2320. The van der Waals surface area contributed by atoms with Gasteiger partial charge in [0.2, 0.25) is 5.91 Å². The van der Waals surface area contributed by atoms with Gasteiger partial charge in [0.05, 0.1) is 38.6 Å². The number of aliphatic hydroxyl groups excluding tert-OH is 11. The fourth-order valence-electron chi connectivity index (χ4n) is 12.6. The minimum Gasteiger partial charge on any atom is -0.394 e. The highest BCUT2D eigenvalue weighted by molar-refractivity contribution is 5.76. The summed E-state index contributed by atoms with van der Waals surface area (Å²) in [4.78, 5) is 13.4. The van der Waals surface area contributed by atoms with Gasteiger partial charge in [0.15, 0.2) is 18.9 Å². The van der Waals surface area contributed by atoms with Crippen LogP contribution < -0.4 is 5.32 Å². The van der Waals surface area contributed by atoms with Crippen LogP contribution in [0.4, 0.5) is 0 Å². The lowest BCUT2D eigenvalue weighted by Crippen LogP contribution is -2.66. The third kappa shape index (κ3) is 41.9. The van der Waals surface area contributed by atoms with Crippen LogP contribution in [0.15, 0.2) is 122 Å². The van der Waals surface area contributed by atoms with E-state index in [1.165, 1.54) is 148 Å². The van der Waals surface area contributed by atoms with E-state index in [2.05, 4.69) is 129 Å². The van der Waals surface area contributed by atoms with Crippen molar-refractivity contribution in [2.75, 3.05) is 26.4 Å². The molecule has 12 N–H and O–H groups in total. The SMILES string of the molecule is CC/C=C\C/C=C\C/C=C\C/C=C\C/C=C\C/C=C\C/C=C\C/C=C\CCCCC(=O)NC(COC1OC(CO)C(OC2OC(CO)C(OC3OC(CO)C(O)C(O)C3O)C(O)C2O)C(O)C1O)C(O)/C=C/CC/C=C/CCCCCCCCCCCCCCCCCCCCCCCCCC. The molecule has 3 heterocycles. The van der Waals surface area contributed by atoms with Gasteiger partial charge in [0.1, 0.15) is 73.2 Å². The van der Waals surface area contributed by atoms with E-state index >= 15 is 0 Å². The molecule has 0 aromatic rings. The number of hydrogen-bond acceptors (Lipinski definition) is 18. The van der Waals surface area contributed by atoms with E-state index in [1.54, 1.807) is 6.08 Å². The molecule has 0 aliphatic carbocycles. The van der Waals surface area contributed by atoms with Crippen LogP contribution in [0.3, 0.4) is 0 Å². The summed E-state index contributed by atoms with van der Waals surface area (Å²) in [6.45, 7) is 1.58. The van der Waals surface area contributed by atoms with Crippen LogP contribution in [0.2, 0.25) is 0 Å². The highest BCUT2D eigenvalue weighted by atomic mass is 16.8. The number of ether oxygens (including phenoxy) is 6. The van der Waals surface area contributed by atoms with Gasteiger partial charge in [-0.1, -0.05) is 283 Å². The van der Waals surface area contributed by atoms with E-state index in [4.69, 9.17) is 28.4 Å². The maximum Gasteiger partial charge on any atom is 0.220 e. The molecule has 0 bridgehead atoms. The summed E-state index contributed by atoms with van der Waals surface area (Å²) >= 11 is 0. The predicted molar refractivity (Wildman–Crippen MR) is 406 cm³/mol. The molecular formula is C83H141NO18. The Balaban J connectivity index is 1.42. The Morgan fingerprint density at radius 1 is 0.363 bits per heavy atom. The van der Waals surface area contributed by atoms with Crippen molar-refractivity contribution in [3.8, 4) is 0 Å². The monoisotopic (exact) mass is 1440 g/mol. The van der Waals surface area contributed by atoms with E-state index in [1.807, 2.05) is 6.08 Å². The number of unbranched alkanes of at least 4 members (excludes halogenated alkanes) is 27. The van der Waals surface area contributed by atoms with Crippen molar-refractivity contribution in [1.29, 1.82) is 0 Å². The fourth-order valence-corrected chi connectivity index (χ4v) is 12.6. The molecule has 586 valence electrons. The lowest BCUT2D eigenvalue weighted by Gasteiger charge is -2.48. The largest absolute Gasteiger partial charge is 0.394 e. The van der Waals surface area contributed by atoms with Gasteiger partial charge < -0.3 is 89.9 Å². The van der Waals surface area contributed by atoms with Gasteiger partial charge in [-0.3, -0.25) is 4.79 Å².